The van der Waals surface area contributed by atoms with E-state index in [2.05, 4.69) is 30.2 Å². The molecule has 1 heterocycles. The number of ketones is 1. The van der Waals surface area contributed by atoms with E-state index in [0.29, 0.717) is 12.3 Å². The number of hydrogen-bond acceptors (Lipinski definition) is 3. The van der Waals surface area contributed by atoms with Crippen molar-refractivity contribution in [3.8, 4) is 6.07 Å². The molecule has 3 atom stereocenters. The number of piperidine rings is 1. The average Bonchev–Trinajstić information content (AvgIpc) is 2.56. The van der Waals surface area contributed by atoms with Crippen LogP contribution in [-0.4, -0.2) is 29.8 Å². The SMILES string of the molecule is C=CCCCCN1CC[C@@H]2CC(=O)C=C[C@]2(CCC=C)C1C#N. The van der Waals surface area contributed by atoms with Crippen molar-refractivity contribution in [3.63, 3.8) is 0 Å². The molecule has 0 radical (unpaired) electrons. The number of carbonyl (C=O) groups is 1. The molecule has 3 heteroatoms. The highest BCUT2D eigenvalue weighted by Crippen LogP contribution is 2.49. The maximum Gasteiger partial charge on any atom is 0.155 e. The molecule has 0 aromatic heterocycles. The Labute approximate surface area is 140 Å². The summed E-state index contributed by atoms with van der Waals surface area (Å²) in [6.45, 7) is 9.48. The lowest BCUT2D eigenvalue weighted by Crippen LogP contribution is -2.56. The fourth-order valence-corrected chi connectivity index (χ4v) is 4.18. The zero-order valence-electron chi connectivity index (χ0n) is 14.0. The molecule has 1 aliphatic heterocycles. The average molecular weight is 312 g/mol. The summed E-state index contributed by atoms with van der Waals surface area (Å²) in [4.78, 5) is 14.2. The molecule has 0 N–H and O–H groups in total. The Morgan fingerprint density at radius 1 is 1.35 bits per heavy atom. The molecule has 124 valence electrons. The summed E-state index contributed by atoms with van der Waals surface area (Å²) in [7, 11) is 0. The Balaban J connectivity index is 2.19. The van der Waals surface area contributed by atoms with Crippen molar-refractivity contribution in [2.75, 3.05) is 13.1 Å². The van der Waals surface area contributed by atoms with Gasteiger partial charge in [0.15, 0.2) is 5.78 Å². The van der Waals surface area contributed by atoms with Gasteiger partial charge in [0.2, 0.25) is 0 Å². The molecule has 0 amide bonds. The molecule has 1 fully saturated rings. The van der Waals surface area contributed by atoms with Crippen molar-refractivity contribution in [1.82, 2.24) is 4.90 Å². The first kappa shape index (κ1) is 17.7. The van der Waals surface area contributed by atoms with Crippen LogP contribution in [0.3, 0.4) is 0 Å². The van der Waals surface area contributed by atoms with Gasteiger partial charge in [-0.1, -0.05) is 18.2 Å². The largest absolute Gasteiger partial charge is 0.295 e. The van der Waals surface area contributed by atoms with Crippen molar-refractivity contribution in [2.24, 2.45) is 11.3 Å². The van der Waals surface area contributed by atoms with Gasteiger partial charge in [-0.3, -0.25) is 9.69 Å². The van der Waals surface area contributed by atoms with Crippen LogP contribution in [0.1, 0.15) is 44.9 Å². The van der Waals surface area contributed by atoms with Gasteiger partial charge in [-0.15, -0.1) is 13.2 Å². The highest BCUT2D eigenvalue weighted by Gasteiger charge is 2.50. The first-order chi connectivity index (χ1) is 11.2. The van der Waals surface area contributed by atoms with Crippen LogP contribution < -0.4 is 0 Å². The second kappa shape index (κ2) is 8.26. The number of carbonyl (C=O) groups excluding carboxylic acids is 1. The maximum absolute atomic E-state index is 11.8. The summed E-state index contributed by atoms with van der Waals surface area (Å²) in [6, 6.07) is 2.44. The van der Waals surface area contributed by atoms with Gasteiger partial charge in [0.1, 0.15) is 6.04 Å². The summed E-state index contributed by atoms with van der Waals surface area (Å²) in [6.07, 6.45) is 14.3. The van der Waals surface area contributed by atoms with Gasteiger partial charge in [-0.25, -0.2) is 0 Å². The fourth-order valence-electron chi connectivity index (χ4n) is 4.18. The summed E-state index contributed by atoms with van der Waals surface area (Å²) in [5, 5.41) is 9.88. The Bertz CT molecular complexity index is 516. The highest BCUT2D eigenvalue weighted by atomic mass is 16.1. The standard InChI is InChI=1S/C20H28N2O/c1-3-5-7-8-13-22-14-10-17-15-18(23)9-12-20(17,11-6-4-2)19(22)16-21/h3-4,9,12,17,19H,1-2,5-8,10-11,13-15H2/t17-,19?,20+/m1/s1. The van der Waals surface area contributed by atoms with E-state index in [-0.39, 0.29) is 17.2 Å². The molecule has 0 spiro atoms. The maximum atomic E-state index is 11.8. The van der Waals surface area contributed by atoms with Gasteiger partial charge in [0, 0.05) is 11.8 Å². The molecule has 1 aliphatic carbocycles. The molecular weight excluding hydrogens is 284 g/mol. The Morgan fingerprint density at radius 2 is 2.13 bits per heavy atom. The minimum atomic E-state index is -0.187. The van der Waals surface area contributed by atoms with Crippen LogP contribution in [0.4, 0.5) is 0 Å². The van der Waals surface area contributed by atoms with Crippen LogP contribution in [0.15, 0.2) is 37.5 Å². The fraction of sp³-hybridized carbons (Fsp3) is 0.600. The van der Waals surface area contributed by atoms with E-state index >= 15 is 0 Å². The van der Waals surface area contributed by atoms with Crippen molar-refractivity contribution >= 4 is 5.78 Å². The van der Waals surface area contributed by atoms with Crippen molar-refractivity contribution in [3.05, 3.63) is 37.5 Å². The molecule has 23 heavy (non-hydrogen) atoms. The first-order valence-electron chi connectivity index (χ1n) is 8.75. The van der Waals surface area contributed by atoms with E-state index < -0.39 is 0 Å². The Morgan fingerprint density at radius 3 is 2.83 bits per heavy atom. The summed E-state index contributed by atoms with van der Waals surface area (Å²) >= 11 is 0. The van der Waals surface area contributed by atoms with E-state index in [1.807, 2.05) is 12.2 Å². The summed E-state index contributed by atoms with van der Waals surface area (Å²) in [5.41, 5.74) is -0.187. The summed E-state index contributed by atoms with van der Waals surface area (Å²) < 4.78 is 0. The number of nitrogens with zero attached hydrogens (tertiary/aromatic N) is 2. The van der Waals surface area contributed by atoms with Gasteiger partial charge < -0.3 is 0 Å². The number of allylic oxidation sites excluding steroid dienone is 3. The second-order valence-electron chi connectivity index (χ2n) is 6.78. The van der Waals surface area contributed by atoms with E-state index in [1.165, 1.54) is 0 Å². The zero-order valence-corrected chi connectivity index (χ0v) is 14.0. The molecule has 3 nitrogen and oxygen atoms in total. The monoisotopic (exact) mass is 312 g/mol. The number of hydrogen-bond donors (Lipinski definition) is 0. The topological polar surface area (TPSA) is 44.1 Å². The minimum absolute atomic E-state index is 0.130. The van der Waals surface area contributed by atoms with Gasteiger partial charge in [-0.2, -0.15) is 5.26 Å². The van der Waals surface area contributed by atoms with Gasteiger partial charge >= 0.3 is 0 Å². The number of fused-ring (bicyclic) bond motifs is 1. The lowest BCUT2D eigenvalue weighted by molar-refractivity contribution is -0.119. The van der Waals surface area contributed by atoms with E-state index in [1.54, 1.807) is 6.08 Å². The molecule has 0 bridgehead atoms. The molecular formula is C20H28N2O. The molecule has 2 aliphatic rings. The third kappa shape index (κ3) is 3.82. The quantitative estimate of drug-likeness (QED) is 0.502. The van der Waals surface area contributed by atoms with Crippen molar-refractivity contribution in [1.29, 1.82) is 5.26 Å². The van der Waals surface area contributed by atoms with Crippen LogP contribution in [0.5, 0.6) is 0 Å². The van der Waals surface area contributed by atoms with E-state index in [4.69, 9.17) is 0 Å². The third-order valence-electron chi connectivity index (χ3n) is 5.43. The highest BCUT2D eigenvalue weighted by molar-refractivity contribution is 5.91. The predicted molar refractivity (Wildman–Crippen MR) is 93.8 cm³/mol. The molecule has 1 unspecified atom stereocenters. The van der Waals surface area contributed by atoms with Gasteiger partial charge in [-0.05, 0) is 63.6 Å². The molecule has 0 aromatic carbocycles. The molecule has 0 aromatic rings. The number of nitriles is 1. The second-order valence-corrected chi connectivity index (χ2v) is 6.78. The molecule has 0 saturated carbocycles. The normalized spacial score (nSPS) is 30.5. The third-order valence-corrected chi connectivity index (χ3v) is 5.43. The van der Waals surface area contributed by atoms with E-state index in [9.17, 15) is 10.1 Å². The van der Waals surface area contributed by atoms with Crippen LogP contribution >= 0.6 is 0 Å². The van der Waals surface area contributed by atoms with Crippen molar-refractivity contribution in [2.45, 2.75) is 51.0 Å². The first-order valence-corrected chi connectivity index (χ1v) is 8.75. The predicted octanol–water partition coefficient (Wildman–Crippen LogP) is 4.04. The van der Waals surface area contributed by atoms with Crippen LogP contribution in [0, 0.1) is 22.7 Å². The Hall–Kier alpha value is -1.66. The smallest absolute Gasteiger partial charge is 0.155 e. The number of likely N-dealkylation sites (tertiary alicyclic amines) is 1. The van der Waals surface area contributed by atoms with Crippen molar-refractivity contribution < 1.29 is 4.79 Å². The van der Waals surface area contributed by atoms with Gasteiger partial charge in [0.25, 0.3) is 0 Å². The Kier molecular flexibility index (Phi) is 6.36. The minimum Gasteiger partial charge on any atom is -0.295 e. The van der Waals surface area contributed by atoms with Crippen LogP contribution in [-0.2, 0) is 4.79 Å². The van der Waals surface area contributed by atoms with Crippen LogP contribution in [0.2, 0.25) is 0 Å². The lowest BCUT2D eigenvalue weighted by Gasteiger charge is -2.52. The zero-order chi connectivity index (χ0) is 16.7. The number of rotatable bonds is 8. The van der Waals surface area contributed by atoms with Gasteiger partial charge in [0.05, 0.1) is 6.07 Å². The number of unbranched alkanes of at least 4 members (excludes halogenated alkanes) is 2. The summed E-state index contributed by atoms with van der Waals surface area (Å²) in [5.74, 6) is 0.509. The van der Waals surface area contributed by atoms with E-state index in [0.717, 1.165) is 51.6 Å². The van der Waals surface area contributed by atoms with Crippen LogP contribution in [0.25, 0.3) is 0 Å². The molecule has 1 saturated heterocycles. The molecule has 2 rings (SSSR count). The lowest BCUT2D eigenvalue weighted by atomic mass is 9.60.